The number of nitrogens with two attached hydrogens (primary N) is 1. The van der Waals surface area contributed by atoms with E-state index in [1.165, 1.54) is 0 Å². The molecule has 1 aromatic heterocycles. The highest BCUT2D eigenvalue weighted by atomic mass is 16.4. The van der Waals surface area contributed by atoms with E-state index in [1.54, 1.807) is 26.0 Å². The molecule has 1 aromatic rings. The smallest absolute Gasteiger partial charge is 0.308 e. The monoisotopic (exact) mass is 251 g/mol. The lowest BCUT2D eigenvalue weighted by molar-refractivity contribution is -0.141. The van der Waals surface area contributed by atoms with Crippen LogP contribution in [0.15, 0.2) is 12.1 Å². The number of rotatable bonds is 6. The molecule has 0 saturated heterocycles. The molecule has 0 aliphatic carbocycles. The molecule has 1 amide bonds. The highest BCUT2D eigenvalue weighted by Crippen LogP contribution is 2.14. The number of aryl methyl sites for hydroxylation is 1. The zero-order valence-electron chi connectivity index (χ0n) is 10.4. The van der Waals surface area contributed by atoms with Gasteiger partial charge in [-0.05, 0) is 25.5 Å². The van der Waals surface area contributed by atoms with Crippen LogP contribution < -0.4 is 11.1 Å². The van der Waals surface area contributed by atoms with E-state index < -0.39 is 17.8 Å². The Morgan fingerprint density at radius 3 is 2.67 bits per heavy atom. The average molecular weight is 251 g/mol. The third-order valence-electron chi connectivity index (χ3n) is 2.66. The molecule has 4 N–H and O–H groups in total. The number of hydrogen-bond donors (Lipinski definition) is 3. The minimum absolute atomic E-state index is 0.211. The van der Waals surface area contributed by atoms with Gasteiger partial charge in [0.2, 0.25) is 0 Å². The van der Waals surface area contributed by atoms with Crippen molar-refractivity contribution in [1.82, 2.24) is 4.98 Å². The molecule has 0 aromatic carbocycles. The summed E-state index contributed by atoms with van der Waals surface area (Å²) in [5.41, 5.74) is 6.22. The molecule has 1 unspecified atom stereocenters. The van der Waals surface area contributed by atoms with Gasteiger partial charge in [0.15, 0.2) is 0 Å². The van der Waals surface area contributed by atoms with Crippen LogP contribution in [0.1, 0.15) is 29.4 Å². The zero-order valence-corrected chi connectivity index (χ0v) is 10.4. The summed E-state index contributed by atoms with van der Waals surface area (Å²) in [7, 11) is 0. The van der Waals surface area contributed by atoms with E-state index in [0.717, 1.165) is 5.69 Å². The number of nitrogens with one attached hydrogen (secondary N) is 1. The molecule has 0 aliphatic heterocycles. The van der Waals surface area contributed by atoms with Gasteiger partial charge in [-0.3, -0.25) is 9.59 Å². The number of anilines is 1. The molecule has 6 heteroatoms. The standard InChI is InChI=1S/C12H17N3O3/c1-3-8(12(17)18)6-14-11-9(10(13)16)5-4-7(2)15-11/h4-5,8H,3,6H2,1-2H3,(H2,13,16)(H,14,15)(H,17,18). The zero-order chi connectivity index (χ0) is 13.7. The third-order valence-corrected chi connectivity index (χ3v) is 2.66. The van der Waals surface area contributed by atoms with Gasteiger partial charge in [-0.25, -0.2) is 4.98 Å². The van der Waals surface area contributed by atoms with E-state index >= 15 is 0 Å². The first-order valence-electron chi connectivity index (χ1n) is 5.69. The second-order valence-electron chi connectivity index (χ2n) is 4.04. The van der Waals surface area contributed by atoms with Gasteiger partial charge < -0.3 is 16.2 Å². The highest BCUT2D eigenvalue weighted by Gasteiger charge is 2.16. The number of carboxylic acids is 1. The fourth-order valence-corrected chi connectivity index (χ4v) is 1.52. The molecule has 1 atom stereocenters. The van der Waals surface area contributed by atoms with Gasteiger partial charge in [0, 0.05) is 12.2 Å². The van der Waals surface area contributed by atoms with E-state index in [1.807, 2.05) is 0 Å². The summed E-state index contributed by atoms with van der Waals surface area (Å²) >= 11 is 0. The molecule has 0 bridgehead atoms. The number of aromatic nitrogens is 1. The number of pyridine rings is 1. The normalized spacial score (nSPS) is 11.9. The van der Waals surface area contributed by atoms with E-state index in [-0.39, 0.29) is 12.1 Å². The van der Waals surface area contributed by atoms with Crippen molar-refractivity contribution in [3.05, 3.63) is 23.4 Å². The van der Waals surface area contributed by atoms with Crippen LogP contribution in [0.4, 0.5) is 5.82 Å². The van der Waals surface area contributed by atoms with Gasteiger partial charge in [-0.1, -0.05) is 6.92 Å². The molecule has 98 valence electrons. The molecule has 0 spiro atoms. The Morgan fingerprint density at radius 2 is 2.17 bits per heavy atom. The first-order chi connectivity index (χ1) is 8.45. The molecule has 0 aliphatic rings. The minimum atomic E-state index is -0.877. The summed E-state index contributed by atoms with van der Waals surface area (Å²) in [6.45, 7) is 3.78. The van der Waals surface area contributed by atoms with Crippen LogP contribution >= 0.6 is 0 Å². The minimum Gasteiger partial charge on any atom is -0.481 e. The van der Waals surface area contributed by atoms with Crippen molar-refractivity contribution in [2.75, 3.05) is 11.9 Å². The number of hydrogen-bond acceptors (Lipinski definition) is 4. The van der Waals surface area contributed by atoms with E-state index in [9.17, 15) is 9.59 Å². The lowest BCUT2D eigenvalue weighted by Gasteiger charge is -2.13. The van der Waals surface area contributed by atoms with Gasteiger partial charge in [0.25, 0.3) is 5.91 Å². The second-order valence-corrected chi connectivity index (χ2v) is 4.04. The Hall–Kier alpha value is -2.11. The van der Waals surface area contributed by atoms with E-state index in [2.05, 4.69) is 10.3 Å². The van der Waals surface area contributed by atoms with Crippen LogP contribution in [-0.2, 0) is 4.79 Å². The number of amides is 1. The first kappa shape index (κ1) is 14.0. The Bertz CT molecular complexity index is 460. The van der Waals surface area contributed by atoms with Crippen molar-refractivity contribution in [3.63, 3.8) is 0 Å². The predicted molar refractivity (Wildman–Crippen MR) is 67.4 cm³/mol. The summed E-state index contributed by atoms with van der Waals surface area (Å²) < 4.78 is 0. The maximum atomic E-state index is 11.2. The molecule has 0 radical (unpaired) electrons. The summed E-state index contributed by atoms with van der Waals surface area (Å²) in [6.07, 6.45) is 0.500. The third kappa shape index (κ3) is 3.44. The molecule has 6 nitrogen and oxygen atoms in total. The SMILES string of the molecule is CCC(CNc1nc(C)ccc1C(N)=O)C(=O)O. The van der Waals surface area contributed by atoms with Crippen molar-refractivity contribution >= 4 is 17.7 Å². The van der Waals surface area contributed by atoms with Crippen LogP contribution in [-0.4, -0.2) is 28.5 Å². The predicted octanol–water partition coefficient (Wildman–Crippen LogP) is 1.01. The Labute approximate surface area is 105 Å². The Balaban J connectivity index is 2.86. The number of primary amides is 1. The number of nitrogens with zero attached hydrogens (tertiary/aromatic N) is 1. The highest BCUT2D eigenvalue weighted by molar-refractivity contribution is 5.97. The largest absolute Gasteiger partial charge is 0.481 e. The van der Waals surface area contributed by atoms with Crippen LogP contribution in [0, 0.1) is 12.8 Å². The first-order valence-corrected chi connectivity index (χ1v) is 5.69. The van der Waals surface area contributed by atoms with Gasteiger partial charge in [0.05, 0.1) is 11.5 Å². The molecule has 18 heavy (non-hydrogen) atoms. The van der Waals surface area contributed by atoms with Crippen molar-refractivity contribution in [3.8, 4) is 0 Å². The van der Waals surface area contributed by atoms with Crippen molar-refractivity contribution < 1.29 is 14.7 Å². The summed E-state index contributed by atoms with van der Waals surface area (Å²) in [6, 6.07) is 3.26. The van der Waals surface area contributed by atoms with E-state index in [4.69, 9.17) is 10.8 Å². The lowest BCUT2D eigenvalue weighted by atomic mass is 10.1. The van der Waals surface area contributed by atoms with Crippen molar-refractivity contribution in [1.29, 1.82) is 0 Å². The number of carbonyl (C=O) groups is 2. The van der Waals surface area contributed by atoms with Crippen molar-refractivity contribution in [2.24, 2.45) is 11.7 Å². The van der Waals surface area contributed by atoms with Crippen LogP contribution in [0.25, 0.3) is 0 Å². The molecular weight excluding hydrogens is 234 g/mol. The molecular formula is C12H17N3O3. The summed E-state index contributed by atoms with van der Waals surface area (Å²) in [5.74, 6) is -1.65. The molecule has 1 rings (SSSR count). The maximum absolute atomic E-state index is 11.2. The number of carboxylic acid groups (broad SMARTS) is 1. The van der Waals surface area contributed by atoms with Crippen LogP contribution in [0.2, 0.25) is 0 Å². The van der Waals surface area contributed by atoms with Gasteiger partial charge in [-0.2, -0.15) is 0 Å². The fourth-order valence-electron chi connectivity index (χ4n) is 1.52. The van der Waals surface area contributed by atoms with Crippen LogP contribution in [0.3, 0.4) is 0 Å². The topological polar surface area (TPSA) is 105 Å². The molecule has 1 heterocycles. The second kappa shape index (κ2) is 6.00. The number of aliphatic carboxylic acids is 1. The van der Waals surface area contributed by atoms with Crippen LogP contribution in [0.5, 0.6) is 0 Å². The maximum Gasteiger partial charge on any atom is 0.308 e. The van der Waals surface area contributed by atoms with Gasteiger partial charge in [-0.15, -0.1) is 0 Å². The van der Waals surface area contributed by atoms with Crippen molar-refractivity contribution in [2.45, 2.75) is 20.3 Å². The lowest BCUT2D eigenvalue weighted by Crippen LogP contribution is -2.24. The molecule has 0 saturated carbocycles. The van der Waals surface area contributed by atoms with Gasteiger partial charge >= 0.3 is 5.97 Å². The summed E-state index contributed by atoms with van der Waals surface area (Å²) in [4.78, 5) is 26.2. The van der Waals surface area contributed by atoms with E-state index in [0.29, 0.717) is 12.2 Å². The quantitative estimate of drug-likeness (QED) is 0.699. The summed E-state index contributed by atoms with van der Waals surface area (Å²) in [5, 5.41) is 11.8. The Kier molecular flexibility index (Phi) is 4.65. The molecule has 0 fully saturated rings. The van der Waals surface area contributed by atoms with Gasteiger partial charge in [0.1, 0.15) is 5.82 Å². The Morgan fingerprint density at radius 1 is 1.50 bits per heavy atom. The fraction of sp³-hybridized carbons (Fsp3) is 0.417. The number of carbonyl (C=O) groups excluding carboxylic acids is 1. The average Bonchev–Trinajstić information content (AvgIpc) is 2.29.